The van der Waals surface area contributed by atoms with Crippen LogP contribution in [0, 0.1) is 17.0 Å². The zero-order chi connectivity index (χ0) is 32.7. The van der Waals surface area contributed by atoms with Crippen LogP contribution in [0.2, 0.25) is 13.1 Å². The van der Waals surface area contributed by atoms with Gasteiger partial charge < -0.3 is 25.1 Å². The van der Waals surface area contributed by atoms with Crippen molar-refractivity contribution in [3.8, 4) is 0 Å². The van der Waals surface area contributed by atoms with Crippen LogP contribution < -0.4 is 15.2 Å². The van der Waals surface area contributed by atoms with Gasteiger partial charge in [0.25, 0.3) is 0 Å². The molecule has 10 heteroatoms. The van der Waals surface area contributed by atoms with Crippen molar-refractivity contribution in [1.82, 2.24) is 9.55 Å². The third-order valence-electron chi connectivity index (χ3n) is 10.2. The molecule has 0 unspecified atom stereocenters. The fourth-order valence-corrected chi connectivity index (χ4v) is 10.8. The molecule has 0 radical (unpaired) electrons. The molecule has 0 atom stereocenters. The van der Waals surface area contributed by atoms with E-state index in [0.717, 1.165) is 37.3 Å². The highest BCUT2D eigenvalue weighted by Crippen LogP contribution is 2.43. The first kappa shape index (κ1) is 31.0. The minimum atomic E-state index is -2.05. The molecule has 9 nitrogen and oxygen atoms in total. The number of rotatable bonds is 8. The number of hydrogen-bond donors (Lipinski definition) is 0. The van der Waals surface area contributed by atoms with Gasteiger partial charge >= 0.3 is 5.95 Å². The summed E-state index contributed by atoms with van der Waals surface area (Å²) in [6, 6.07) is 13.1. The summed E-state index contributed by atoms with van der Waals surface area (Å²) >= 11 is 0. The fraction of sp³-hybridized carbons (Fsp3) is 0.378. The molecule has 2 aromatic carbocycles. The van der Waals surface area contributed by atoms with Crippen molar-refractivity contribution in [2.24, 2.45) is 4.99 Å². The van der Waals surface area contributed by atoms with Gasteiger partial charge in [0, 0.05) is 50.3 Å². The van der Waals surface area contributed by atoms with Crippen molar-refractivity contribution in [3.05, 3.63) is 110 Å². The Morgan fingerprint density at radius 1 is 1.04 bits per heavy atom. The summed E-state index contributed by atoms with van der Waals surface area (Å²) in [7, 11) is -2.05. The summed E-state index contributed by atoms with van der Waals surface area (Å²) in [6.45, 7) is 12.2. The zero-order valence-electron chi connectivity index (χ0n) is 27.5. The Kier molecular flexibility index (Phi) is 8.30. The van der Waals surface area contributed by atoms with Gasteiger partial charge in [-0.3, -0.25) is 0 Å². The summed E-state index contributed by atoms with van der Waals surface area (Å²) in [5.41, 5.74) is 9.28. The van der Waals surface area contributed by atoms with E-state index in [1.54, 1.807) is 6.20 Å². The third kappa shape index (κ3) is 5.79. The SMILES string of the molecule is Cc1cc(C([O-])=NCCCn2ccnc2[N+](=O)[O-])ccc1C1=C2C=CC(=[N+]3CCCC3)C=C2[Si](C)(C)c2cc(N3CCCC3)ccc21. The second kappa shape index (κ2) is 12.6. The highest BCUT2D eigenvalue weighted by atomic mass is 28.3. The van der Waals surface area contributed by atoms with Crippen molar-refractivity contribution >= 4 is 42.1 Å². The quantitative estimate of drug-likeness (QED) is 0.0659. The van der Waals surface area contributed by atoms with E-state index < -0.39 is 13.0 Å². The molecule has 2 saturated heterocycles. The normalized spacial score (nSPS) is 18.9. The zero-order valence-corrected chi connectivity index (χ0v) is 28.5. The van der Waals surface area contributed by atoms with Gasteiger partial charge in [0.2, 0.25) is 0 Å². The topological polar surface area (TPSA) is 103 Å². The number of aromatic nitrogens is 2. The predicted octanol–water partition coefficient (Wildman–Crippen LogP) is 4.91. The van der Waals surface area contributed by atoms with E-state index in [-0.39, 0.29) is 18.4 Å². The number of anilines is 1. The highest BCUT2D eigenvalue weighted by molar-refractivity contribution is 6.98. The molecular weight excluding hydrogens is 605 g/mol. The van der Waals surface area contributed by atoms with Crippen molar-refractivity contribution in [1.29, 1.82) is 0 Å². The lowest BCUT2D eigenvalue weighted by Gasteiger charge is -2.38. The molecule has 1 aliphatic carbocycles. The van der Waals surface area contributed by atoms with Gasteiger partial charge in [-0.25, -0.2) is 9.14 Å². The highest BCUT2D eigenvalue weighted by Gasteiger charge is 2.41. The second-order valence-corrected chi connectivity index (χ2v) is 17.9. The van der Waals surface area contributed by atoms with Crippen molar-refractivity contribution in [2.75, 3.05) is 37.6 Å². The molecule has 0 N–H and O–H groups in total. The third-order valence-corrected chi connectivity index (χ3v) is 13.8. The lowest BCUT2D eigenvalue weighted by molar-refractivity contribution is -0.504. The summed E-state index contributed by atoms with van der Waals surface area (Å²) in [6.07, 6.45) is 15.6. The maximum absolute atomic E-state index is 13.1. The number of hydrogen-bond acceptors (Lipinski definition) is 6. The number of fused-ring (bicyclic) bond motifs is 2. The monoisotopic (exact) mass is 646 g/mol. The maximum atomic E-state index is 13.1. The first-order chi connectivity index (χ1) is 22.7. The van der Waals surface area contributed by atoms with E-state index in [4.69, 9.17) is 0 Å². The van der Waals surface area contributed by atoms with E-state index in [1.165, 1.54) is 74.9 Å². The van der Waals surface area contributed by atoms with Gasteiger partial charge in [0.1, 0.15) is 33.6 Å². The average molecular weight is 647 g/mol. The first-order valence-corrected chi connectivity index (χ1v) is 19.9. The average Bonchev–Trinajstić information content (AvgIpc) is 3.87. The Bertz CT molecular complexity index is 1900. The Morgan fingerprint density at radius 3 is 2.55 bits per heavy atom. The molecule has 7 rings (SSSR count). The first-order valence-electron chi connectivity index (χ1n) is 16.9. The summed E-state index contributed by atoms with van der Waals surface area (Å²) in [5, 5.41) is 27.2. The van der Waals surface area contributed by atoms with Gasteiger partial charge in [-0.15, -0.1) is 0 Å². The Morgan fingerprint density at radius 2 is 1.81 bits per heavy atom. The van der Waals surface area contributed by atoms with Crippen LogP contribution in [0.1, 0.15) is 54.4 Å². The van der Waals surface area contributed by atoms with Gasteiger partial charge in [-0.2, -0.15) is 0 Å². The molecule has 2 fully saturated rings. The Hall–Kier alpha value is -4.57. The van der Waals surface area contributed by atoms with E-state index in [0.29, 0.717) is 18.5 Å². The number of nitro groups is 1. The van der Waals surface area contributed by atoms with Crippen LogP contribution in [0.5, 0.6) is 0 Å². The van der Waals surface area contributed by atoms with E-state index in [9.17, 15) is 15.2 Å². The van der Waals surface area contributed by atoms with Crippen LogP contribution in [-0.2, 0) is 6.54 Å². The number of aryl methyl sites for hydroxylation is 2. The van der Waals surface area contributed by atoms with Crippen molar-refractivity contribution in [3.63, 3.8) is 0 Å². The number of imidazole rings is 1. The number of benzene rings is 2. The van der Waals surface area contributed by atoms with E-state index in [1.807, 2.05) is 12.1 Å². The van der Waals surface area contributed by atoms with Gasteiger partial charge in [0.05, 0.1) is 6.54 Å². The molecule has 0 saturated carbocycles. The molecule has 0 bridgehead atoms. The predicted molar refractivity (Wildman–Crippen MR) is 189 cm³/mol. The van der Waals surface area contributed by atoms with Crippen molar-refractivity contribution in [2.45, 2.75) is 58.7 Å². The van der Waals surface area contributed by atoms with Crippen LogP contribution in [0.3, 0.4) is 0 Å². The molecular formula is C37H42N6O3Si. The van der Waals surface area contributed by atoms with Gasteiger partial charge in [-0.05, 0) is 99.0 Å². The van der Waals surface area contributed by atoms with E-state index in [2.05, 4.69) is 82.0 Å². The molecule has 1 aromatic heterocycles. The Balaban J connectivity index is 1.24. The van der Waals surface area contributed by atoms with Crippen molar-refractivity contribution < 1.29 is 14.6 Å². The smallest absolute Gasteiger partial charge is 0.434 e. The van der Waals surface area contributed by atoms with Crippen LogP contribution >= 0.6 is 0 Å². The molecule has 0 spiro atoms. The number of allylic oxidation sites excluding steroid dienone is 5. The van der Waals surface area contributed by atoms with Gasteiger partial charge in [0.15, 0.2) is 5.71 Å². The maximum Gasteiger partial charge on any atom is 0.434 e. The Labute approximate surface area is 277 Å². The molecule has 47 heavy (non-hydrogen) atoms. The largest absolute Gasteiger partial charge is 0.858 e. The standard InChI is InChI=1S/C37H42N6O3Si/c1-26-23-27(36(44)38-15-8-21-42-22-16-39-37(42)43(45)46)9-12-30(26)35-31-13-10-28(40-17-4-5-18-40)24-33(31)47(2,3)34-25-29(11-14-32(34)35)41-19-6-7-20-41/h9-14,16,22-25H,4-8,15,17-21H2,1-3H3. The molecule has 4 aliphatic rings. The number of aliphatic imine (C=N–C) groups is 1. The molecule has 242 valence electrons. The molecule has 3 aliphatic heterocycles. The summed E-state index contributed by atoms with van der Waals surface area (Å²) in [4.78, 5) is 21.2. The number of nitrogens with zero attached hydrogens (tertiary/aromatic N) is 6. The van der Waals surface area contributed by atoms with Crippen LogP contribution in [-0.4, -0.2) is 71.5 Å². The molecule has 3 aromatic rings. The fourth-order valence-electron chi connectivity index (χ4n) is 7.70. The van der Waals surface area contributed by atoms with Gasteiger partial charge in [-0.1, -0.05) is 42.3 Å². The lowest BCUT2D eigenvalue weighted by Crippen LogP contribution is -2.50. The minimum Gasteiger partial charge on any atom is -0.858 e. The minimum absolute atomic E-state index is 0.198. The summed E-state index contributed by atoms with van der Waals surface area (Å²) < 4.78 is 4.01. The second-order valence-electron chi connectivity index (χ2n) is 13.6. The van der Waals surface area contributed by atoms with Crippen LogP contribution in [0.15, 0.2) is 82.8 Å². The van der Waals surface area contributed by atoms with Crippen LogP contribution in [0.4, 0.5) is 11.6 Å². The molecule has 4 heterocycles. The van der Waals surface area contributed by atoms with Crippen LogP contribution in [0.25, 0.3) is 5.57 Å². The molecule has 0 amide bonds. The lowest BCUT2D eigenvalue weighted by atomic mass is 9.87. The summed E-state index contributed by atoms with van der Waals surface area (Å²) in [5.74, 6) is -0.468. The van der Waals surface area contributed by atoms with E-state index >= 15 is 0 Å².